The van der Waals surface area contributed by atoms with Crippen LogP contribution in [0.25, 0.3) is 10.8 Å². The first-order valence-electron chi connectivity index (χ1n) is 9.14. The van der Waals surface area contributed by atoms with Gasteiger partial charge in [-0.2, -0.15) is 0 Å². The van der Waals surface area contributed by atoms with Gasteiger partial charge in [-0.25, -0.2) is 22.9 Å². The predicted octanol–water partition coefficient (Wildman–Crippen LogP) is 2.88. The summed E-state index contributed by atoms with van der Waals surface area (Å²) in [5, 5.41) is 3.53. The molecule has 1 N–H and O–H groups in total. The minimum atomic E-state index is -3.75. The summed E-state index contributed by atoms with van der Waals surface area (Å²) < 4.78 is 37.2. The van der Waals surface area contributed by atoms with Crippen LogP contribution in [0.2, 0.25) is 0 Å². The molecule has 0 spiro atoms. The Morgan fingerprint density at radius 2 is 1.87 bits per heavy atom. The smallest absolute Gasteiger partial charge is 0.367 e. The Bertz CT molecular complexity index is 1160. The Morgan fingerprint density at radius 1 is 1.10 bits per heavy atom. The molecule has 0 amide bonds. The molecule has 0 saturated carbocycles. The number of hydrogen-bond acceptors (Lipinski definition) is 8. The topological polar surface area (TPSA) is 112 Å². The van der Waals surface area contributed by atoms with Gasteiger partial charge in [0.05, 0.1) is 23.6 Å². The second-order valence-electron chi connectivity index (χ2n) is 6.18. The van der Waals surface area contributed by atoms with Gasteiger partial charge in [-0.1, -0.05) is 30.3 Å². The second kappa shape index (κ2) is 9.79. The van der Waals surface area contributed by atoms with Crippen LogP contribution in [0, 0.1) is 0 Å². The quantitative estimate of drug-likeness (QED) is 0.501. The van der Waals surface area contributed by atoms with Crippen molar-refractivity contribution in [3.63, 3.8) is 0 Å². The SMILES string of the molecule is CCOC(=O)c1nc(COC(=O)CCNS(=O)(=O)c2ccc3ccccc3c2)cs1. The monoisotopic (exact) mass is 448 g/mol. The van der Waals surface area contributed by atoms with Crippen molar-refractivity contribution in [1.82, 2.24) is 9.71 Å². The molecule has 0 atom stereocenters. The number of nitrogens with one attached hydrogen (secondary N) is 1. The molecule has 1 heterocycles. The van der Waals surface area contributed by atoms with E-state index in [0.29, 0.717) is 5.69 Å². The van der Waals surface area contributed by atoms with Gasteiger partial charge in [-0.15, -0.1) is 11.3 Å². The summed E-state index contributed by atoms with van der Waals surface area (Å²) in [5.41, 5.74) is 0.424. The first-order valence-corrected chi connectivity index (χ1v) is 11.5. The first-order chi connectivity index (χ1) is 14.4. The van der Waals surface area contributed by atoms with Crippen LogP contribution in [0.1, 0.15) is 28.8 Å². The molecule has 0 aliphatic carbocycles. The molecule has 0 saturated heterocycles. The van der Waals surface area contributed by atoms with Gasteiger partial charge in [0.1, 0.15) is 6.61 Å². The van der Waals surface area contributed by atoms with Gasteiger partial charge in [-0.05, 0) is 29.8 Å². The number of hydrogen-bond donors (Lipinski definition) is 1. The lowest BCUT2D eigenvalue weighted by Crippen LogP contribution is -2.26. The number of fused-ring (bicyclic) bond motifs is 1. The molecule has 3 rings (SSSR count). The van der Waals surface area contributed by atoms with Crippen molar-refractivity contribution in [2.75, 3.05) is 13.2 Å². The maximum Gasteiger partial charge on any atom is 0.367 e. The highest BCUT2D eigenvalue weighted by atomic mass is 32.2. The van der Waals surface area contributed by atoms with E-state index < -0.39 is 22.0 Å². The molecule has 3 aromatic rings. The van der Waals surface area contributed by atoms with Crippen LogP contribution < -0.4 is 4.72 Å². The largest absolute Gasteiger partial charge is 0.461 e. The van der Waals surface area contributed by atoms with Gasteiger partial charge in [-0.3, -0.25) is 4.79 Å². The van der Waals surface area contributed by atoms with E-state index in [4.69, 9.17) is 9.47 Å². The summed E-state index contributed by atoms with van der Waals surface area (Å²) >= 11 is 1.10. The van der Waals surface area contributed by atoms with Gasteiger partial charge < -0.3 is 9.47 Å². The molecular weight excluding hydrogens is 428 g/mol. The summed E-state index contributed by atoms with van der Waals surface area (Å²) in [6.45, 7) is 1.74. The zero-order valence-electron chi connectivity index (χ0n) is 16.2. The van der Waals surface area contributed by atoms with Crippen molar-refractivity contribution >= 4 is 44.1 Å². The van der Waals surface area contributed by atoms with Gasteiger partial charge in [0.15, 0.2) is 0 Å². The highest BCUT2D eigenvalue weighted by Gasteiger charge is 2.16. The van der Waals surface area contributed by atoms with E-state index in [2.05, 4.69) is 9.71 Å². The lowest BCUT2D eigenvalue weighted by Gasteiger charge is -2.08. The van der Waals surface area contributed by atoms with Gasteiger partial charge in [0.25, 0.3) is 0 Å². The molecule has 30 heavy (non-hydrogen) atoms. The first kappa shape index (κ1) is 21.9. The average Bonchev–Trinajstić information content (AvgIpc) is 3.21. The standard InChI is InChI=1S/C20H20N2O6S2/c1-2-27-20(24)19-22-16(13-29-19)12-28-18(23)9-10-21-30(25,26)17-8-7-14-5-3-4-6-15(14)11-17/h3-8,11,13,21H,2,9-10,12H2,1H3. The van der Waals surface area contributed by atoms with E-state index in [9.17, 15) is 18.0 Å². The van der Waals surface area contributed by atoms with Crippen LogP contribution in [-0.2, 0) is 30.9 Å². The van der Waals surface area contributed by atoms with E-state index in [1.54, 1.807) is 24.4 Å². The summed E-state index contributed by atoms with van der Waals surface area (Å²) in [6, 6.07) is 12.3. The molecule has 0 unspecified atom stereocenters. The maximum absolute atomic E-state index is 12.4. The van der Waals surface area contributed by atoms with E-state index in [1.165, 1.54) is 6.07 Å². The average molecular weight is 449 g/mol. The van der Waals surface area contributed by atoms with Crippen LogP contribution in [0.5, 0.6) is 0 Å². The molecular formula is C20H20N2O6S2. The number of esters is 2. The number of nitrogens with zero attached hydrogens (tertiary/aromatic N) is 1. The molecule has 0 aliphatic rings. The molecule has 0 fully saturated rings. The molecule has 0 radical (unpaired) electrons. The number of carbonyl (C=O) groups is 2. The Balaban J connectivity index is 1.48. The number of sulfonamides is 1. The number of thiazole rings is 1. The van der Waals surface area contributed by atoms with E-state index in [1.807, 2.05) is 24.3 Å². The number of carbonyl (C=O) groups excluding carboxylic acids is 2. The van der Waals surface area contributed by atoms with E-state index in [-0.39, 0.29) is 36.1 Å². The van der Waals surface area contributed by atoms with Crippen molar-refractivity contribution in [3.8, 4) is 0 Å². The molecule has 0 bridgehead atoms. The fourth-order valence-electron chi connectivity index (χ4n) is 2.59. The Hall–Kier alpha value is -2.82. The lowest BCUT2D eigenvalue weighted by molar-refractivity contribution is -0.144. The van der Waals surface area contributed by atoms with Crippen molar-refractivity contribution in [3.05, 3.63) is 58.5 Å². The summed E-state index contributed by atoms with van der Waals surface area (Å²) in [4.78, 5) is 27.6. The third-order valence-corrected chi connectivity index (χ3v) is 6.37. The van der Waals surface area contributed by atoms with Crippen molar-refractivity contribution < 1.29 is 27.5 Å². The van der Waals surface area contributed by atoms with Gasteiger partial charge in [0, 0.05) is 11.9 Å². The van der Waals surface area contributed by atoms with Crippen LogP contribution in [0.4, 0.5) is 0 Å². The minimum Gasteiger partial charge on any atom is -0.461 e. The van der Waals surface area contributed by atoms with Crippen molar-refractivity contribution in [2.45, 2.75) is 24.8 Å². The summed E-state index contributed by atoms with van der Waals surface area (Å²) in [7, 11) is -3.75. The number of aromatic nitrogens is 1. The van der Waals surface area contributed by atoms with Crippen LogP contribution >= 0.6 is 11.3 Å². The van der Waals surface area contributed by atoms with E-state index in [0.717, 1.165) is 22.1 Å². The highest BCUT2D eigenvalue weighted by Crippen LogP contribution is 2.19. The molecule has 0 aliphatic heterocycles. The molecule has 10 heteroatoms. The predicted molar refractivity (Wildman–Crippen MR) is 112 cm³/mol. The molecule has 2 aromatic carbocycles. The molecule has 8 nitrogen and oxygen atoms in total. The number of benzene rings is 2. The van der Waals surface area contributed by atoms with Gasteiger partial charge in [0.2, 0.25) is 15.0 Å². The third kappa shape index (κ3) is 5.62. The van der Waals surface area contributed by atoms with Crippen LogP contribution in [-0.4, -0.2) is 38.5 Å². The zero-order chi connectivity index (χ0) is 21.6. The zero-order valence-corrected chi connectivity index (χ0v) is 17.8. The summed E-state index contributed by atoms with van der Waals surface area (Å²) in [6.07, 6.45) is -0.137. The second-order valence-corrected chi connectivity index (χ2v) is 8.81. The van der Waals surface area contributed by atoms with Crippen LogP contribution in [0.15, 0.2) is 52.7 Å². The Labute approximate surface area is 177 Å². The lowest BCUT2D eigenvalue weighted by atomic mass is 10.1. The maximum atomic E-state index is 12.4. The summed E-state index contributed by atoms with van der Waals surface area (Å²) in [5.74, 6) is -1.11. The number of ether oxygens (including phenoxy) is 2. The fourth-order valence-corrected chi connectivity index (χ4v) is 4.35. The highest BCUT2D eigenvalue weighted by molar-refractivity contribution is 7.89. The van der Waals surface area contributed by atoms with E-state index >= 15 is 0 Å². The fraction of sp³-hybridized carbons (Fsp3) is 0.250. The normalized spacial score (nSPS) is 11.4. The van der Waals surface area contributed by atoms with Crippen LogP contribution in [0.3, 0.4) is 0 Å². The third-order valence-electron chi connectivity index (χ3n) is 4.04. The Kier molecular flexibility index (Phi) is 7.14. The Morgan fingerprint density at radius 3 is 2.63 bits per heavy atom. The number of rotatable bonds is 9. The molecule has 1 aromatic heterocycles. The molecule has 158 valence electrons. The minimum absolute atomic E-state index is 0.0981. The van der Waals surface area contributed by atoms with Gasteiger partial charge >= 0.3 is 11.9 Å². The van der Waals surface area contributed by atoms with Crippen molar-refractivity contribution in [1.29, 1.82) is 0 Å². The van der Waals surface area contributed by atoms with Crippen molar-refractivity contribution in [2.24, 2.45) is 0 Å².